The van der Waals surface area contributed by atoms with E-state index in [9.17, 15) is 0 Å². The van der Waals surface area contributed by atoms with Gasteiger partial charge >= 0.3 is 0 Å². The number of benzene rings is 1. The predicted molar refractivity (Wildman–Crippen MR) is 81.1 cm³/mol. The summed E-state index contributed by atoms with van der Waals surface area (Å²) in [6.45, 7) is 4.32. The van der Waals surface area contributed by atoms with Crippen LogP contribution in [0.15, 0.2) is 27.3 Å². The summed E-state index contributed by atoms with van der Waals surface area (Å²) < 4.78 is 16.5. The minimum Gasteiger partial charge on any atom is -0.486 e. The standard InChI is InChI=1S/C14H18BrN3O3/c1-10-13(18-21-17-10)9-20-14-11(4-3-5-12(14)15)8-16-6-7-19-2/h3-5,16H,6-9H2,1-2H3. The molecule has 0 bridgehead atoms. The normalized spacial score (nSPS) is 10.8. The van der Waals surface area contributed by atoms with Gasteiger partial charge < -0.3 is 14.8 Å². The van der Waals surface area contributed by atoms with Gasteiger partial charge in [-0.3, -0.25) is 0 Å². The average molecular weight is 356 g/mol. The molecule has 0 atom stereocenters. The van der Waals surface area contributed by atoms with E-state index in [1.807, 2.05) is 25.1 Å². The largest absolute Gasteiger partial charge is 0.486 e. The minimum atomic E-state index is 0.322. The molecule has 0 saturated heterocycles. The third kappa shape index (κ3) is 4.52. The quantitative estimate of drug-likeness (QED) is 0.733. The summed E-state index contributed by atoms with van der Waals surface area (Å²) in [5, 5.41) is 10.9. The van der Waals surface area contributed by atoms with Crippen molar-refractivity contribution in [3.05, 3.63) is 39.6 Å². The van der Waals surface area contributed by atoms with E-state index in [0.29, 0.717) is 25.5 Å². The maximum atomic E-state index is 5.87. The Labute approximate surface area is 131 Å². The molecular formula is C14H18BrN3O3. The summed E-state index contributed by atoms with van der Waals surface area (Å²) in [5.74, 6) is 0.796. The first kappa shape index (κ1) is 15.9. The molecule has 1 N–H and O–H groups in total. The molecule has 0 aliphatic rings. The number of nitrogens with one attached hydrogen (secondary N) is 1. The summed E-state index contributed by atoms with van der Waals surface area (Å²) in [6, 6.07) is 5.95. The van der Waals surface area contributed by atoms with Crippen molar-refractivity contribution in [1.29, 1.82) is 0 Å². The van der Waals surface area contributed by atoms with E-state index in [-0.39, 0.29) is 0 Å². The average Bonchev–Trinajstić information content (AvgIpc) is 2.88. The first-order chi connectivity index (χ1) is 10.2. The van der Waals surface area contributed by atoms with E-state index >= 15 is 0 Å². The number of rotatable bonds is 8. The maximum absolute atomic E-state index is 5.87. The number of methoxy groups -OCH3 is 1. The summed E-state index contributed by atoms with van der Waals surface area (Å²) in [7, 11) is 1.68. The Balaban J connectivity index is 2.01. The number of para-hydroxylation sites is 1. The highest BCUT2D eigenvalue weighted by Crippen LogP contribution is 2.29. The second-order valence-electron chi connectivity index (χ2n) is 4.48. The lowest BCUT2D eigenvalue weighted by Gasteiger charge is -2.13. The van der Waals surface area contributed by atoms with Crippen LogP contribution in [0.1, 0.15) is 17.0 Å². The van der Waals surface area contributed by atoms with Gasteiger partial charge in [0.25, 0.3) is 0 Å². The van der Waals surface area contributed by atoms with Gasteiger partial charge in [-0.1, -0.05) is 22.4 Å². The van der Waals surface area contributed by atoms with Gasteiger partial charge in [0.05, 0.1) is 11.1 Å². The van der Waals surface area contributed by atoms with Gasteiger partial charge in [-0.2, -0.15) is 0 Å². The molecule has 0 radical (unpaired) electrons. The Morgan fingerprint density at radius 1 is 1.33 bits per heavy atom. The molecule has 1 aromatic carbocycles. The molecule has 0 aliphatic heterocycles. The number of hydrogen-bond acceptors (Lipinski definition) is 6. The third-order valence-electron chi connectivity index (χ3n) is 2.95. The SMILES string of the molecule is COCCNCc1cccc(Br)c1OCc1nonc1C. The van der Waals surface area contributed by atoms with Gasteiger partial charge in [-0.15, -0.1) is 0 Å². The second kappa shape index (κ2) is 8.11. The molecule has 0 saturated carbocycles. The van der Waals surface area contributed by atoms with Crippen LogP contribution in [0, 0.1) is 6.92 Å². The first-order valence-corrected chi connectivity index (χ1v) is 7.39. The highest BCUT2D eigenvalue weighted by molar-refractivity contribution is 9.10. The Kier molecular flexibility index (Phi) is 6.16. The molecule has 2 aromatic rings. The van der Waals surface area contributed by atoms with Crippen LogP contribution >= 0.6 is 15.9 Å². The Morgan fingerprint density at radius 3 is 2.90 bits per heavy atom. The van der Waals surface area contributed by atoms with Gasteiger partial charge in [-0.25, -0.2) is 4.63 Å². The zero-order valence-corrected chi connectivity index (χ0v) is 13.6. The molecule has 7 heteroatoms. The fraction of sp³-hybridized carbons (Fsp3) is 0.429. The van der Waals surface area contributed by atoms with Crippen molar-refractivity contribution in [2.24, 2.45) is 0 Å². The molecule has 0 amide bonds. The number of hydrogen-bond donors (Lipinski definition) is 1. The maximum Gasteiger partial charge on any atom is 0.145 e. The topological polar surface area (TPSA) is 69.4 Å². The Bertz CT molecular complexity index is 574. The van der Waals surface area contributed by atoms with E-state index in [0.717, 1.165) is 28.0 Å². The van der Waals surface area contributed by atoms with Crippen molar-refractivity contribution in [3.63, 3.8) is 0 Å². The van der Waals surface area contributed by atoms with Crippen molar-refractivity contribution >= 4 is 15.9 Å². The van der Waals surface area contributed by atoms with Crippen molar-refractivity contribution in [2.75, 3.05) is 20.3 Å². The molecule has 0 aliphatic carbocycles. The summed E-state index contributed by atoms with van der Waals surface area (Å²) in [4.78, 5) is 0. The van der Waals surface area contributed by atoms with Gasteiger partial charge in [0.2, 0.25) is 0 Å². The van der Waals surface area contributed by atoms with Crippen molar-refractivity contribution in [1.82, 2.24) is 15.6 Å². The van der Waals surface area contributed by atoms with E-state index in [2.05, 4.69) is 36.2 Å². The second-order valence-corrected chi connectivity index (χ2v) is 5.34. The Hall–Kier alpha value is -1.44. The summed E-state index contributed by atoms with van der Waals surface area (Å²) >= 11 is 3.52. The number of aromatic nitrogens is 2. The molecule has 114 valence electrons. The van der Waals surface area contributed by atoms with Crippen LogP contribution in [0.3, 0.4) is 0 Å². The van der Waals surface area contributed by atoms with Crippen LogP contribution in [-0.2, 0) is 17.9 Å². The van der Waals surface area contributed by atoms with Crippen LogP contribution in [0.4, 0.5) is 0 Å². The van der Waals surface area contributed by atoms with Crippen LogP contribution in [-0.4, -0.2) is 30.6 Å². The van der Waals surface area contributed by atoms with E-state index in [1.165, 1.54) is 0 Å². The molecule has 0 spiro atoms. The number of nitrogens with zero attached hydrogens (tertiary/aromatic N) is 2. The van der Waals surface area contributed by atoms with Gasteiger partial charge in [0, 0.05) is 25.8 Å². The molecule has 1 heterocycles. The zero-order valence-electron chi connectivity index (χ0n) is 12.1. The van der Waals surface area contributed by atoms with Crippen molar-refractivity contribution in [3.8, 4) is 5.75 Å². The summed E-state index contributed by atoms with van der Waals surface area (Å²) in [5.41, 5.74) is 2.50. The highest BCUT2D eigenvalue weighted by Gasteiger charge is 2.11. The van der Waals surface area contributed by atoms with Crippen LogP contribution in [0.5, 0.6) is 5.75 Å². The minimum absolute atomic E-state index is 0.322. The molecule has 6 nitrogen and oxygen atoms in total. The van der Waals surface area contributed by atoms with E-state index in [4.69, 9.17) is 9.47 Å². The number of aryl methyl sites for hydroxylation is 1. The van der Waals surface area contributed by atoms with Crippen molar-refractivity contribution < 1.29 is 14.1 Å². The lowest BCUT2D eigenvalue weighted by Crippen LogP contribution is -2.19. The lowest BCUT2D eigenvalue weighted by atomic mass is 10.2. The molecule has 2 rings (SSSR count). The molecule has 0 fully saturated rings. The van der Waals surface area contributed by atoms with Crippen LogP contribution in [0.25, 0.3) is 0 Å². The van der Waals surface area contributed by atoms with Crippen LogP contribution in [0.2, 0.25) is 0 Å². The number of ether oxygens (including phenoxy) is 2. The highest BCUT2D eigenvalue weighted by atomic mass is 79.9. The molecular weight excluding hydrogens is 338 g/mol. The molecule has 21 heavy (non-hydrogen) atoms. The smallest absolute Gasteiger partial charge is 0.145 e. The monoisotopic (exact) mass is 355 g/mol. The van der Waals surface area contributed by atoms with Gasteiger partial charge in [-0.05, 0) is 28.9 Å². The van der Waals surface area contributed by atoms with Crippen LogP contribution < -0.4 is 10.1 Å². The third-order valence-corrected chi connectivity index (χ3v) is 3.57. The fourth-order valence-electron chi connectivity index (χ4n) is 1.77. The molecule has 1 aromatic heterocycles. The zero-order chi connectivity index (χ0) is 15.1. The van der Waals surface area contributed by atoms with E-state index < -0.39 is 0 Å². The van der Waals surface area contributed by atoms with E-state index in [1.54, 1.807) is 7.11 Å². The fourth-order valence-corrected chi connectivity index (χ4v) is 2.29. The lowest BCUT2D eigenvalue weighted by molar-refractivity contribution is 0.199. The Morgan fingerprint density at radius 2 is 2.19 bits per heavy atom. The first-order valence-electron chi connectivity index (χ1n) is 6.60. The van der Waals surface area contributed by atoms with Gasteiger partial charge in [0.1, 0.15) is 23.7 Å². The molecule has 0 unspecified atom stereocenters. The predicted octanol–water partition coefficient (Wildman–Crippen LogP) is 2.46. The van der Waals surface area contributed by atoms with Crippen molar-refractivity contribution in [2.45, 2.75) is 20.1 Å². The summed E-state index contributed by atoms with van der Waals surface area (Å²) in [6.07, 6.45) is 0. The van der Waals surface area contributed by atoms with Gasteiger partial charge in [0.15, 0.2) is 0 Å². The number of halogens is 1.